The average molecular weight is 185 g/mol. The van der Waals surface area contributed by atoms with Crippen molar-refractivity contribution in [1.29, 1.82) is 0 Å². The van der Waals surface area contributed by atoms with Gasteiger partial charge >= 0.3 is 0 Å². The van der Waals surface area contributed by atoms with E-state index in [1.807, 2.05) is 14.1 Å². The molecule has 0 spiro atoms. The minimum atomic E-state index is 0.190. The van der Waals surface area contributed by atoms with Gasteiger partial charge in [0, 0.05) is 20.0 Å². The van der Waals surface area contributed by atoms with Crippen molar-refractivity contribution in [1.82, 2.24) is 4.90 Å². The molecule has 13 heavy (non-hydrogen) atoms. The molecule has 0 fully saturated rings. The standard InChI is InChI=1S/C11H23NO/c1-7-9(8-11(2,3)4)10(13)12(5)6/h9H,7-8H2,1-6H3. The zero-order chi connectivity index (χ0) is 10.6. The number of rotatable bonds is 3. The van der Waals surface area contributed by atoms with Crippen LogP contribution in [0.1, 0.15) is 40.5 Å². The molecule has 0 aliphatic heterocycles. The van der Waals surface area contributed by atoms with E-state index in [9.17, 15) is 4.79 Å². The van der Waals surface area contributed by atoms with Crippen LogP contribution in [0.4, 0.5) is 0 Å². The highest BCUT2D eigenvalue weighted by Crippen LogP contribution is 2.26. The summed E-state index contributed by atoms with van der Waals surface area (Å²) in [5.41, 5.74) is 0.242. The monoisotopic (exact) mass is 185 g/mol. The van der Waals surface area contributed by atoms with E-state index >= 15 is 0 Å². The van der Waals surface area contributed by atoms with Crippen molar-refractivity contribution in [2.75, 3.05) is 14.1 Å². The highest BCUT2D eigenvalue weighted by molar-refractivity contribution is 5.78. The fourth-order valence-corrected chi connectivity index (χ4v) is 1.51. The first kappa shape index (κ1) is 12.5. The summed E-state index contributed by atoms with van der Waals surface area (Å²) in [4.78, 5) is 13.4. The normalized spacial score (nSPS) is 14.0. The van der Waals surface area contributed by atoms with Gasteiger partial charge in [-0.2, -0.15) is 0 Å². The van der Waals surface area contributed by atoms with Crippen LogP contribution >= 0.6 is 0 Å². The predicted octanol–water partition coefficient (Wildman–Crippen LogP) is 2.54. The molecule has 1 unspecified atom stereocenters. The molecule has 78 valence electrons. The second kappa shape index (κ2) is 4.64. The maximum atomic E-state index is 11.7. The van der Waals surface area contributed by atoms with E-state index in [2.05, 4.69) is 27.7 Å². The second-order valence-electron chi connectivity index (χ2n) is 5.10. The Morgan fingerprint density at radius 1 is 1.31 bits per heavy atom. The summed E-state index contributed by atoms with van der Waals surface area (Å²) in [5, 5.41) is 0. The summed E-state index contributed by atoms with van der Waals surface area (Å²) in [7, 11) is 3.65. The van der Waals surface area contributed by atoms with Gasteiger partial charge in [-0.25, -0.2) is 0 Å². The van der Waals surface area contributed by atoms with E-state index in [0.29, 0.717) is 0 Å². The van der Waals surface area contributed by atoms with Crippen LogP contribution < -0.4 is 0 Å². The minimum absolute atomic E-state index is 0.190. The quantitative estimate of drug-likeness (QED) is 0.661. The molecule has 0 aromatic carbocycles. The van der Waals surface area contributed by atoms with E-state index in [1.165, 1.54) is 0 Å². The Balaban J connectivity index is 4.27. The van der Waals surface area contributed by atoms with Crippen molar-refractivity contribution in [3.63, 3.8) is 0 Å². The molecule has 1 atom stereocenters. The molecule has 0 aromatic heterocycles. The van der Waals surface area contributed by atoms with Crippen molar-refractivity contribution < 1.29 is 4.79 Å². The Bertz CT molecular complexity index is 167. The van der Waals surface area contributed by atoms with Gasteiger partial charge in [0.1, 0.15) is 0 Å². The molecule has 0 aromatic rings. The molecule has 0 N–H and O–H groups in total. The van der Waals surface area contributed by atoms with Gasteiger partial charge in [0.05, 0.1) is 0 Å². The molecule has 0 heterocycles. The molecular weight excluding hydrogens is 162 g/mol. The molecule has 2 nitrogen and oxygen atoms in total. The summed E-state index contributed by atoms with van der Waals surface area (Å²) in [6, 6.07) is 0. The molecule has 0 saturated heterocycles. The van der Waals surface area contributed by atoms with Crippen molar-refractivity contribution >= 4 is 5.91 Å². The van der Waals surface area contributed by atoms with Gasteiger partial charge in [0.2, 0.25) is 5.91 Å². The number of hydrogen-bond donors (Lipinski definition) is 0. The molecule has 0 bridgehead atoms. The summed E-state index contributed by atoms with van der Waals surface area (Å²) >= 11 is 0. The van der Waals surface area contributed by atoms with E-state index in [4.69, 9.17) is 0 Å². The second-order valence-corrected chi connectivity index (χ2v) is 5.10. The summed E-state index contributed by atoms with van der Waals surface area (Å²) in [5.74, 6) is 0.451. The van der Waals surface area contributed by atoms with Crippen LogP contribution in [0.5, 0.6) is 0 Å². The van der Waals surface area contributed by atoms with E-state index < -0.39 is 0 Å². The van der Waals surface area contributed by atoms with Crippen molar-refractivity contribution in [3.05, 3.63) is 0 Å². The van der Waals surface area contributed by atoms with Crippen molar-refractivity contribution in [2.45, 2.75) is 40.5 Å². The van der Waals surface area contributed by atoms with E-state index in [0.717, 1.165) is 12.8 Å². The molecule has 1 amide bonds. The van der Waals surface area contributed by atoms with Crippen LogP contribution in [0.15, 0.2) is 0 Å². The maximum Gasteiger partial charge on any atom is 0.225 e. The third kappa shape index (κ3) is 4.91. The van der Waals surface area contributed by atoms with E-state index in [-0.39, 0.29) is 17.2 Å². The van der Waals surface area contributed by atoms with Gasteiger partial charge in [0.15, 0.2) is 0 Å². The minimum Gasteiger partial charge on any atom is -0.349 e. The van der Waals surface area contributed by atoms with Crippen LogP contribution in [0.2, 0.25) is 0 Å². The zero-order valence-electron chi connectivity index (χ0n) is 9.85. The van der Waals surface area contributed by atoms with Gasteiger partial charge in [-0.15, -0.1) is 0 Å². The summed E-state index contributed by atoms with van der Waals surface area (Å²) in [6.07, 6.45) is 1.91. The highest BCUT2D eigenvalue weighted by Gasteiger charge is 2.24. The SMILES string of the molecule is CCC(CC(C)(C)C)C(=O)N(C)C. The van der Waals surface area contributed by atoms with Gasteiger partial charge < -0.3 is 4.90 Å². The molecule has 0 rings (SSSR count). The number of amides is 1. The third-order valence-corrected chi connectivity index (χ3v) is 2.14. The smallest absolute Gasteiger partial charge is 0.225 e. The number of hydrogen-bond acceptors (Lipinski definition) is 1. The van der Waals surface area contributed by atoms with Gasteiger partial charge in [-0.05, 0) is 18.3 Å². The molecule has 0 saturated carbocycles. The Labute approximate surface area is 82.3 Å². The Morgan fingerprint density at radius 3 is 2.00 bits per heavy atom. The van der Waals surface area contributed by atoms with Crippen molar-refractivity contribution in [2.24, 2.45) is 11.3 Å². The first-order chi connectivity index (χ1) is 5.78. The predicted molar refractivity (Wildman–Crippen MR) is 56.5 cm³/mol. The lowest BCUT2D eigenvalue weighted by Gasteiger charge is -2.26. The first-order valence-electron chi connectivity index (χ1n) is 4.99. The van der Waals surface area contributed by atoms with Crippen LogP contribution in [0.3, 0.4) is 0 Å². The van der Waals surface area contributed by atoms with E-state index in [1.54, 1.807) is 4.90 Å². The lowest BCUT2D eigenvalue weighted by atomic mass is 9.83. The van der Waals surface area contributed by atoms with Crippen LogP contribution in [0.25, 0.3) is 0 Å². The molecular formula is C11H23NO. The average Bonchev–Trinajstić information content (AvgIpc) is 1.97. The van der Waals surface area contributed by atoms with Gasteiger partial charge in [-0.3, -0.25) is 4.79 Å². The van der Waals surface area contributed by atoms with Crippen LogP contribution in [-0.2, 0) is 4.79 Å². The molecule has 2 heteroatoms. The largest absolute Gasteiger partial charge is 0.349 e. The molecule has 0 radical (unpaired) electrons. The lowest BCUT2D eigenvalue weighted by molar-refractivity contribution is -0.134. The number of carbonyl (C=O) groups excluding carboxylic acids is 1. The van der Waals surface area contributed by atoms with Gasteiger partial charge in [-0.1, -0.05) is 27.7 Å². The first-order valence-corrected chi connectivity index (χ1v) is 4.99. The van der Waals surface area contributed by atoms with Gasteiger partial charge in [0.25, 0.3) is 0 Å². The molecule has 0 aliphatic rings. The zero-order valence-corrected chi connectivity index (χ0v) is 9.85. The highest BCUT2D eigenvalue weighted by atomic mass is 16.2. The van der Waals surface area contributed by atoms with Crippen LogP contribution in [-0.4, -0.2) is 24.9 Å². The fraction of sp³-hybridized carbons (Fsp3) is 0.909. The topological polar surface area (TPSA) is 20.3 Å². The Kier molecular flexibility index (Phi) is 4.45. The Morgan fingerprint density at radius 2 is 1.77 bits per heavy atom. The van der Waals surface area contributed by atoms with Crippen molar-refractivity contribution in [3.8, 4) is 0 Å². The summed E-state index contributed by atoms with van der Waals surface area (Å²) < 4.78 is 0. The lowest BCUT2D eigenvalue weighted by Crippen LogP contribution is -2.31. The number of nitrogens with zero attached hydrogens (tertiary/aromatic N) is 1. The summed E-state index contributed by atoms with van der Waals surface area (Å²) in [6.45, 7) is 8.62. The number of carbonyl (C=O) groups is 1. The molecule has 0 aliphatic carbocycles. The fourth-order valence-electron chi connectivity index (χ4n) is 1.51. The third-order valence-electron chi connectivity index (χ3n) is 2.14. The Hall–Kier alpha value is -0.530. The van der Waals surface area contributed by atoms with Crippen LogP contribution in [0, 0.1) is 11.3 Å². The maximum absolute atomic E-state index is 11.7.